The van der Waals surface area contributed by atoms with E-state index in [0.717, 1.165) is 18.5 Å². The molecule has 0 radical (unpaired) electrons. The van der Waals surface area contributed by atoms with Crippen molar-refractivity contribution in [2.24, 2.45) is 11.7 Å². The highest BCUT2D eigenvalue weighted by Gasteiger charge is 2.38. The van der Waals surface area contributed by atoms with E-state index in [9.17, 15) is 4.79 Å². The van der Waals surface area contributed by atoms with Crippen molar-refractivity contribution >= 4 is 5.91 Å². The molecule has 0 aliphatic carbocycles. The lowest BCUT2D eigenvalue weighted by molar-refractivity contribution is -0.141. The lowest BCUT2D eigenvalue weighted by Crippen LogP contribution is -2.56. The smallest absolute Gasteiger partial charge is 0.247 e. The summed E-state index contributed by atoms with van der Waals surface area (Å²) in [5, 5.41) is 0. The highest BCUT2D eigenvalue weighted by atomic mass is 16.2. The van der Waals surface area contributed by atoms with E-state index in [4.69, 9.17) is 5.73 Å². The van der Waals surface area contributed by atoms with Crippen molar-refractivity contribution in [2.45, 2.75) is 45.2 Å². The molecule has 3 unspecified atom stereocenters. The maximum atomic E-state index is 12.8. The van der Waals surface area contributed by atoms with Crippen molar-refractivity contribution in [2.75, 3.05) is 6.54 Å². The van der Waals surface area contributed by atoms with Crippen LogP contribution >= 0.6 is 0 Å². The zero-order chi connectivity index (χ0) is 14.0. The van der Waals surface area contributed by atoms with Crippen LogP contribution in [0, 0.1) is 5.92 Å². The summed E-state index contributed by atoms with van der Waals surface area (Å²) >= 11 is 0. The Morgan fingerprint density at radius 1 is 1.32 bits per heavy atom. The van der Waals surface area contributed by atoms with Crippen LogP contribution in [0.3, 0.4) is 0 Å². The van der Waals surface area contributed by atoms with Crippen molar-refractivity contribution in [1.29, 1.82) is 0 Å². The number of nitrogens with two attached hydrogens (primary N) is 1. The molecule has 3 nitrogen and oxygen atoms in total. The second-order valence-electron chi connectivity index (χ2n) is 5.93. The number of likely N-dealkylation sites (tertiary alicyclic amines) is 1. The SMILES string of the molecule is CC1CCCN(C(=O)C(C)(N)c2ccccc2)C1C. The normalized spacial score (nSPS) is 26.8. The fourth-order valence-electron chi connectivity index (χ4n) is 2.83. The molecule has 1 aromatic carbocycles. The standard InChI is InChI=1S/C16H24N2O/c1-12-8-7-11-18(13(12)2)15(19)16(3,17)14-9-5-4-6-10-14/h4-6,9-10,12-13H,7-8,11,17H2,1-3H3. The Hall–Kier alpha value is -1.35. The highest BCUT2D eigenvalue weighted by molar-refractivity contribution is 5.87. The molecule has 0 saturated carbocycles. The van der Waals surface area contributed by atoms with Gasteiger partial charge in [0.25, 0.3) is 0 Å². The molecule has 1 aromatic rings. The summed E-state index contributed by atoms with van der Waals surface area (Å²) in [6.07, 6.45) is 2.26. The van der Waals surface area contributed by atoms with E-state index < -0.39 is 5.54 Å². The van der Waals surface area contributed by atoms with Gasteiger partial charge >= 0.3 is 0 Å². The third-order valence-corrected chi connectivity index (χ3v) is 4.45. The summed E-state index contributed by atoms with van der Waals surface area (Å²) in [6.45, 7) is 6.98. The van der Waals surface area contributed by atoms with Crippen LogP contribution in [0.5, 0.6) is 0 Å². The largest absolute Gasteiger partial charge is 0.338 e. The Labute approximate surface area is 115 Å². The summed E-state index contributed by atoms with van der Waals surface area (Å²) in [4.78, 5) is 14.7. The van der Waals surface area contributed by atoms with Crippen molar-refractivity contribution < 1.29 is 4.79 Å². The van der Waals surface area contributed by atoms with Gasteiger partial charge in [-0.05, 0) is 38.2 Å². The Bertz CT molecular complexity index is 441. The van der Waals surface area contributed by atoms with Gasteiger partial charge in [-0.1, -0.05) is 37.3 Å². The van der Waals surface area contributed by atoms with Gasteiger partial charge in [-0.25, -0.2) is 0 Å². The Balaban J connectivity index is 2.23. The van der Waals surface area contributed by atoms with E-state index in [-0.39, 0.29) is 11.9 Å². The van der Waals surface area contributed by atoms with Crippen LogP contribution < -0.4 is 5.73 Å². The van der Waals surface area contributed by atoms with Crippen molar-refractivity contribution in [3.05, 3.63) is 35.9 Å². The second-order valence-corrected chi connectivity index (χ2v) is 5.93. The molecule has 1 amide bonds. The van der Waals surface area contributed by atoms with E-state index in [1.54, 1.807) is 0 Å². The van der Waals surface area contributed by atoms with E-state index in [1.807, 2.05) is 42.2 Å². The van der Waals surface area contributed by atoms with Gasteiger partial charge in [0.05, 0.1) is 0 Å². The first-order chi connectivity index (χ1) is 8.94. The van der Waals surface area contributed by atoms with Crippen LogP contribution in [-0.4, -0.2) is 23.4 Å². The minimum Gasteiger partial charge on any atom is -0.338 e. The molecule has 104 valence electrons. The maximum Gasteiger partial charge on any atom is 0.247 e. The Morgan fingerprint density at radius 3 is 2.58 bits per heavy atom. The quantitative estimate of drug-likeness (QED) is 0.888. The average molecular weight is 260 g/mol. The van der Waals surface area contributed by atoms with Crippen LogP contribution in [0.2, 0.25) is 0 Å². The fraction of sp³-hybridized carbons (Fsp3) is 0.562. The summed E-state index contributed by atoms with van der Waals surface area (Å²) < 4.78 is 0. The number of benzene rings is 1. The van der Waals surface area contributed by atoms with Gasteiger partial charge in [-0.3, -0.25) is 4.79 Å². The lowest BCUT2D eigenvalue weighted by Gasteiger charge is -2.41. The van der Waals surface area contributed by atoms with Gasteiger partial charge in [-0.15, -0.1) is 0 Å². The lowest BCUT2D eigenvalue weighted by atomic mass is 9.87. The van der Waals surface area contributed by atoms with Crippen molar-refractivity contribution in [3.63, 3.8) is 0 Å². The third kappa shape index (κ3) is 2.66. The first kappa shape index (κ1) is 14.1. The predicted molar refractivity (Wildman–Crippen MR) is 77.6 cm³/mol. The van der Waals surface area contributed by atoms with Crippen LogP contribution in [0.1, 0.15) is 39.2 Å². The second kappa shape index (κ2) is 5.33. The number of nitrogens with zero attached hydrogens (tertiary/aromatic N) is 1. The molecule has 1 aliphatic rings. The summed E-state index contributed by atoms with van der Waals surface area (Å²) in [7, 11) is 0. The molecule has 1 aliphatic heterocycles. The highest BCUT2D eigenvalue weighted by Crippen LogP contribution is 2.28. The van der Waals surface area contributed by atoms with E-state index >= 15 is 0 Å². The zero-order valence-electron chi connectivity index (χ0n) is 12.1. The molecule has 3 atom stereocenters. The first-order valence-electron chi connectivity index (χ1n) is 7.10. The molecule has 2 N–H and O–H groups in total. The molecule has 19 heavy (non-hydrogen) atoms. The average Bonchev–Trinajstić information content (AvgIpc) is 2.42. The number of carbonyl (C=O) groups excluding carboxylic acids is 1. The van der Waals surface area contributed by atoms with E-state index in [0.29, 0.717) is 5.92 Å². The molecular formula is C16H24N2O. The minimum atomic E-state index is -0.938. The number of carbonyl (C=O) groups is 1. The van der Waals surface area contributed by atoms with Gasteiger partial charge in [0.1, 0.15) is 5.54 Å². The molecule has 1 heterocycles. The molecule has 1 saturated heterocycles. The molecular weight excluding hydrogens is 236 g/mol. The van der Waals surface area contributed by atoms with Gasteiger partial charge in [-0.2, -0.15) is 0 Å². The van der Waals surface area contributed by atoms with Crippen molar-refractivity contribution in [3.8, 4) is 0 Å². The molecule has 2 rings (SSSR count). The number of amides is 1. The molecule has 0 aromatic heterocycles. The number of hydrogen-bond acceptors (Lipinski definition) is 2. The third-order valence-electron chi connectivity index (χ3n) is 4.45. The number of hydrogen-bond donors (Lipinski definition) is 1. The Morgan fingerprint density at radius 2 is 1.95 bits per heavy atom. The van der Waals surface area contributed by atoms with E-state index in [2.05, 4.69) is 13.8 Å². The van der Waals surface area contributed by atoms with Crippen LogP contribution in [-0.2, 0) is 10.3 Å². The number of rotatable bonds is 2. The molecule has 0 bridgehead atoms. The van der Waals surface area contributed by atoms with Gasteiger partial charge < -0.3 is 10.6 Å². The van der Waals surface area contributed by atoms with Crippen molar-refractivity contribution in [1.82, 2.24) is 4.90 Å². The minimum absolute atomic E-state index is 0.0396. The summed E-state index contributed by atoms with van der Waals surface area (Å²) in [6, 6.07) is 9.92. The van der Waals surface area contributed by atoms with Crippen LogP contribution in [0.15, 0.2) is 30.3 Å². The van der Waals surface area contributed by atoms with E-state index in [1.165, 1.54) is 6.42 Å². The van der Waals surface area contributed by atoms with Gasteiger partial charge in [0, 0.05) is 12.6 Å². The molecule has 0 spiro atoms. The van der Waals surface area contributed by atoms with Gasteiger partial charge in [0.2, 0.25) is 5.91 Å². The predicted octanol–water partition coefficient (Wildman–Crippen LogP) is 2.51. The topological polar surface area (TPSA) is 46.3 Å². The molecule has 3 heteroatoms. The van der Waals surface area contributed by atoms with Gasteiger partial charge in [0.15, 0.2) is 0 Å². The van der Waals surface area contributed by atoms with Crippen LogP contribution in [0.25, 0.3) is 0 Å². The number of piperidine rings is 1. The summed E-state index contributed by atoms with van der Waals surface area (Å²) in [5.41, 5.74) is 6.27. The maximum absolute atomic E-state index is 12.8. The zero-order valence-corrected chi connectivity index (χ0v) is 12.1. The molecule has 1 fully saturated rings. The van der Waals surface area contributed by atoms with Crippen LogP contribution in [0.4, 0.5) is 0 Å². The first-order valence-corrected chi connectivity index (χ1v) is 7.10. The Kier molecular flexibility index (Phi) is 3.95. The summed E-state index contributed by atoms with van der Waals surface area (Å²) in [5.74, 6) is 0.585. The monoisotopic (exact) mass is 260 g/mol. The fourth-order valence-corrected chi connectivity index (χ4v) is 2.83.